The van der Waals surface area contributed by atoms with Crippen molar-refractivity contribution in [2.45, 2.75) is 19.7 Å². The largest absolute Gasteiger partial charge is 0.418 e. The van der Waals surface area contributed by atoms with Crippen LogP contribution in [0.4, 0.5) is 13.2 Å². The number of rotatable bonds is 1. The van der Waals surface area contributed by atoms with Gasteiger partial charge in [-0.25, -0.2) is 4.98 Å². The Morgan fingerprint density at radius 3 is 2.50 bits per heavy atom. The molecule has 0 unspecified atom stereocenters. The molecule has 78 valence electrons. The summed E-state index contributed by atoms with van der Waals surface area (Å²) in [5, 5.41) is 8.69. The fraction of sp³-hybridized carbons (Fsp3) is 0.375. The number of aromatic nitrogens is 1. The number of nitrogens with zero attached hydrogens (tertiary/aromatic N) is 1. The average molecular weight is 226 g/mol. The molecule has 0 bridgehead atoms. The molecule has 1 aromatic heterocycles. The van der Waals surface area contributed by atoms with Crippen LogP contribution in [0.1, 0.15) is 16.8 Å². The van der Waals surface area contributed by atoms with Gasteiger partial charge in [-0.05, 0) is 18.6 Å². The van der Waals surface area contributed by atoms with Gasteiger partial charge in [-0.1, -0.05) is 11.6 Å². The SMILES string of the molecule is Cc1nc(Cl)cc(CO)c1C(F)(F)F. The summed E-state index contributed by atoms with van der Waals surface area (Å²) < 4.78 is 37.3. The zero-order valence-corrected chi connectivity index (χ0v) is 7.95. The van der Waals surface area contributed by atoms with Crippen LogP contribution in [0.3, 0.4) is 0 Å². The van der Waals surface area contributed by atoms with Gasteiger partial charge in [-0.2, -0.15) is 13.2 Å². The first-order chi connectivity index (χ1) is 6.36. The fourth-order valence-corrected chi connectivity index (χ4v) is 1.47. The van der Waals surface area contributed by atoms with E-state index in [4.69, 9.17) is 16.7 Å². The summed E-state index contributed by atoms with van der Waals surface area (Å²) in [6, 6.07) is 1.01. The lowest BCUT2D eigenvalue weighted by Crippen LogP contribution is -2.13. The second-order valence-corrected chi connectivity index (χ2v) is 3.11. The molecule has 14 heavy (non-hydrogen) atoms. The van der Waals surface area contributed by atoms with E-state index in [2.05, 4.69) is 4.98 Å². The molecule has 0 fully saturated rings. The van der Waals surface area contributed by atoms with Crippen molar-refractivity contribution in [1.82, 2.24) is 4.98 Å². The average Bonchev–Trinajstić information content (AvgIpc) is 1.99. The minimum atomic E-state index is -4.51. The van der Waals surface area contributed by atoms with Crippen molar-refractivity contribution in [2.75, 3.05) is 0 Å². The predicted octanol–water partition coefficient (Wildman–Crippen LogP) is 2.55. The molecule has 0 aliphatic heterocycles. The summed E-state index contributed by atoms with van der Waals surface area (Å²) in [7, 11) is 0. The maximum absolute atomic E-state index is 12.4. The Hall–Kier alpha value is -0.810. The summed E-state index contributed by atoms with van der Waals surface area (Å²) in [5.74, 6) is 0. The van der Waals surface area contributed by atoms with Crippen LogP contribution in [-0.4, -0.2) is 10.1 Å². The lowest BCUT2D eigenvalue weighted by atomic mass is 10.1. The third-order valence-corrected chi connectivity index (χ3v) is 1.90. The van der Waals surface area contributed by atoms with E-state index < -0.39 is 18.3 Å². The highest BCUT2D eigenvalue weighted by Gasteiger charge is 2.35. The molecule has 0 spiro atoms. The molecule has 0 amide bonds. The smallest absolute Gasteiger partial charge is 0.392 e. The van der Waals surface area contributed by atoms with Crippen molar-refractivity contribution in [3.8, 4) is 0 Å². The zero-order valence-electron chi connectivity index (χ0n) is 7.19. The first kappa shape index (κ1) is 11.3. The number of pyridine rings is 1. The fourth-order valence-electron chi connectivity index (χ4n) is 1.21. The summed E-state index contributed by atoms with van der Waals surface area (Å²) in [6.45, 7) is 0.492. The third kappa shape index (κ3) is 2.16. The molecule has 0 radical (unpaired) electrons. The summed E-state index contributed by atoms with van der Waals surface area (Å²) in [4.78, 5) is 3.48. The summed E-state index contributed by atoms with van der Waals surface area (Å²) in [5.41, 5.74) is -1.39. The number of alkyl halides is 3. The number of aliphatic hydroxyl groups excluding tert-OH is 1. The second-order valence-electron chi connectivity index (χ2n) is 2.72. The van der Waals surface area contributed by atoms with Gasteiger partial charge in [-0.3, -0.25) is 0 Å². The highest BCUT2D eigenvalue weighted by molar-refractivity contribution is 6.29. The molecule has 1 rings (SSSR count). The molecular formula is C8H7ClF3NO. The van der Waals surface area contributed by atoms with Gasteiger partial charge in [0, 0.05) is 0 Å². The van der Waals surface area contributed by atoms with E-state index in [0.717, 1.165) is 6.07 Å². The monoisotopic (exact) mass is 225 g/mol. The number of halogens is 4. The van der Waals surface area contributed by atoms with Crippen molar-refractivity contribution >= 4 is 11.6 Å². The highest BCUT2D eigenvalue weighted by atomic mass is 35.5. The normalized spacial score (nSPS) is 11.9. The number of aliphatic hydroxyl groups is 1. The van der Waals surface area contributed by atoms with Crippen LogP contribution < -0.4 is 0 Å². The molecule has 1 heterocycles. The van der Waals surface area contributed by atoms with Crippen LogP contribution in [0.5, 0.6) is 0 Å². The quantitative estimate of drug-likeness (QED) is 0.745. The van der Waals surface area contributed by atoms with E-state index in [1.165, 1.54) is 6.92 Å². The van der Waals surface area contributed by atoms with Crippen LogP contribution in [0, 0.1) is 6.92 Å². The number of hydrogen-bond acceptors (Lipinski definition) is 2. The van der Waals surface area contributed by atoms with E-state index >= 15 is 0 Å². The van der Waals surface area contributed by atoms with Crippen LogP contribution in [0.25, 0.3) is 0 Å². The number of aryl methyl sites for hydroxylation is 1. The number of hydrogen-bond donors (Lipinski definition) is 1. The van der Waals surface area contributed by atoms with Crippen LogP contribution in [-0.2, 0) is 12.8 Å². The van der Waals surface area contributed by atoms with Crippen LogP contribution in [0.2, 0.25) is 5.15 Å². The minimum Gasteiger partial charge on any atom is -0.392 e. The summed E-state index contributed by atoms with van der Waals surface area (Å²) in [6.07, 6.45) is -4.51. The molecular weight excluding hydrogens is 219 g/mol. The Morgan fingerprint density at radius 1 is 1.50 bits per heavy atom. The molecule has 0 atom stereocenters. The maximum atomic E-state index is 12.4. The van der Waals surface area contributed by atoms with E-state index in [-0.39, 0.29) is 16.4 Å². The Bertz CT molecular complexity index is 351. The Morgan fingerprint density at radius 2 is 2.07 bits per heavy atom. The van der Waals surface area contributed by atoms with Gasteiger partial charge in [0.2, 0.25) is 0 Å². The van der Waals surface area contributed by atoms with Gasteiger partial charge in [0.25, 0.3) is 0 Å². The first-order valence-corrected chi connectivity index (χ1v) is 4.08. The maximum Gasteiger partial charge on any atom is 0.418 e. The van der Waals surface area contributed by atoms with Gasteiger partial charge in [0.15, 0.2) is 0 Å². The van der Waals surface area contributed by atoms with Crippen LogP contribution >= 0.6 is 11.6 Å². The van der Waals surface area contributed by atoms with Gasteiger partial charge in [0.1, 0.15) is 5.15 Å². The van der Waals surface area contributed by atoms with Gasteiger partial charge < -0.3 is 5.11 Å². The van der Waals surface area contributed by atoms with E-state index in [0.29, 0.717) is 0 Å². The molecule has 0 saturated carbocycles. The van der Waals surface area contributed by atoms with Crippen molar-refractivity contribution in [3.63, 3.8) is 0 Å². The van der Waals surface area contributed by atoms with Gasteiger partial charge >= 0.3 is 6.18 Å². The Kier molecular flexibility index (Phi) is 3.01. The Balaban J connectivity index is 3.40. The topological polar surface area (TPSA) is 33.1 Å². The zero-order chi connectivity index (χ0) is 10.9. The lowest BCUT2D eigenvalue weighted by Gasteiger charge is -2.13. The van der Waals surface area contributed by atoms with Gasteiger partial charge in [0.05, 0.1) is 17.9 Å². The molecule has 0 aliphatic rings. The van der Waals surface area contributed by atoms with Crippen molar-refractivity contribution in [2.24, 2.45) is 0 Å². The first-order valence-electron chi connectivity index (χ1n) is 3.70. The molecule has 2 nitrogen and oxygen atoms in total. The highest BCUT2D eigenvalue weighted by Crippen LogP contribution is 2.34. The van der Waals surface area contributed by atoms with Crippen molar-refractivity contribution in [1.29, 1.82) is 0 Å². The lowest BCUT2D eigenvalue weighted by molar-refractivity contribution is -0.139. The van der Waals surface area contributed by atoms with E-state index in [1.807, 2.05) is 0 Å². The molecule has 6 heteroatoms. The van der Waals surface area contributed by atoms with Gasteiger partial charge in [-0.15, -0.1) is 0 Å². The van der Waals surface area contributed by atoms with Crippen molar-refractivity contribution < 1.29 is 18.3 Å². The minimum absolute atomic E-state index is 0.0560. The Labute approximate surface area is 83.3 Å². The third-order valence-electron chi connectivity index (χ3n) is 1.70. The molecule has 1 N–H and O–H groups in total. The van der Waals surface area contributed by atoms with E-state index in [9.17, 15) is 13.2 Å². The van der Waals surface area contributed by atoms with Crippen molar-refractivity contribution in [3.05, 3.63) is 28.0 Å². The molecule has 0 aromatic carbocycles. The standard InChI is InChI=1S/C8H7ClF3NO/c1-4-7(8(10,11)12)5(3-14)2-6(9)13-4/h2,14H,3H2,1H3. The predicted molar refractivity (Wildman–Crippen MR) is 44.9 cm³/mol. The van der Waals surface area contributed by atoms with E-state index in [1.54, 1.807) is 0 Å². The van der Waals surface area contributed by atoms with Crippen LogP contribution in [0.15, 0.2) is 6.07 Å². The molecule has 1 aromatic rings. The summed E-state index contributed by atoms with van der Waals surface area (Å²) >= 11 is 5.46. The second kappa shape index (κ2) is 3.74. The molecule has 0 saturated heterocycles. The molecule has 0 aliphatic carbocycles.